The molecule has 0 atom stereocenters. The van der Waals surface area contributed by atoms with Crippen LogP contribution in [0.5, 0.6) is 5.75 Å². The fraction of sp³-hybridized carbons (Fsp3) is 0.400. The van der Waals surface area contributed by atoms with Crippen LogP contribution in [0.25, 0.3) is 16.6 Å². The molecule has 6 nitrogen and oxygen atoms in total. The van der Waals surface area contributed by atoms with E-state index in [1.807, 2.05) is 32.3 Å². The number of ether oxygens (including phenoxy) is 1. The van der Waals surface area contributed by atoms with Gasteiger partial charge in [-0.15, -0.1) is 0 Å². The van der Waals surface area contributed by atoms with Crippen molar-refractivity contribution in [1.29, 1.82) is 0 Å². The van der Waals surface area contributed by atoms with E-state index in [0.717, 1.165) is 40.2 Å². The molecule has 0 saturated heterocycles. The van der Waals surface area contributed by atoms with Crippen molar-refractivity contribution in [1.82, 2.24) is 14.9 Å². The summed E-state index contributed by atoms with van der Waals surface area (Å²) < 4.78 is 29.6. The maximum absolute atomic E-state index is 11.9. The highest BCUT2D eigenvalue weighted by Crippen LogP contribution is 2.33. The molecule has 32 heavy (non-hydrogen) atoms. The first-order valence-corrected chi connectivity index (χ1v) is 13.0. The Balaban J connectivity index is 1.67. The van der Waals surface area contributed by atoms with Gasteiger partial charge in [-0.1, -0.05) is 31.1 Å². The van der Waals surface area contributed by atoms with E-state index in [1.54, 1.807) is 18.3 Å². The van der Waals surface area contributed by atoms with Crippen molar-refractivity contribution in [2.75, 3.05) is 33.5 Å². The van der Waals surface area contributed by atoms with Gasteiger partial charge in [-0.2, -0.15) is 0 Å². The van der Waals surface area contributed by atoms with Crippen LogP contribution >= 0.6 is 0 Å². The van der Waals surface area contributed by atoms with Gasteiger partial charge in [0.15, 0.2) is 9.84 Å². The summed E-state index contributed by atoms with van der Waals surface area (Å²) >= 11 is 0. The number of nitrogens with zero attached hydrogens (tertiary/aromatic N) is 2. The number of benzene rings is 1. The van der Waals surface area contributed by atoms with Crippen LogP contribution in [-0.2, 0) is 9.84 Å². The number of fused-ring (bicyclic) bond motifs is 1. The third-order valence-electron chi connectivity index (χ3n) is 5.94. The van der Waals surface area contributed by atoms with Gasteiger partial charge in [0.05, 0.1) is 11.1 Å². The Morgan fingerprint density at radius 1 is 1.19 bits per heavy atom. The Labute approximate surface area is 190 Å². The topological polar surface area (TPSA) is 75.3 Å². The summed E-state index contributed by atoms with van der Waals surface area (Å²) in [6.07, 6.45) is 10.2. The van der Waals surface area contributed by atoms with Crippen molar-refractivity contribution >= 4 is 26.4 Å². The first-order chi connectivity index (χ1) is 15.3. The van der Waals surface area contributed by atoms with Crippen LogP contribution in [0.4, 0.5) is 0 Å². The average Bonchev–Trinajstić information content (AvgIpc) is 3.40. The molecule has 0 bridgehead atoms. The van der Waals surface area contributed by atoms with E-state index in [1.165, 1.54) is 31.9 Å². The molecule has 0 aliphatic heterocycles. The quantitative estimate of drug-likeness (QED) is 0.542. The number of hydrogen-bond acceptors (Lipinski definition) is 5. The fourth-order valence-electron chi connectivity index (χ4n) is 4.15. The van der Waals surface area contributed by atoms with Crippen molar-refractivity contribution < 1.29 is 13.2 Å². The molecule has 0 spiro atoms. The minimum atomic E-state index is -3.22. The maximum atomic E-state index is 11.9. The molecule has 2 heterocycles. The Kier molecular flexibility index (Phi) is 6.67. The number of H-pyrrole nitrogens is 1. The van der Waals surface area contributed by atoms with Crippen LogP contribution in [0.3, 0.4) is 0 Å². The molecular formula is C25H31N3O3S. The van der Waals surface area contributed by atoms with Gasteiger partial charge in [0.2, 0.25) is 0 Å². The number of hydrogen-bond donors (Lipinski definition) is 1. The summed E-state index contributed by atoms with van der Waals surface area (Å²) in [5.41, 5.74) is 3.88. The molecule has 3 aromatic rings. The van der Waals surface area contributed by atoms with Crippen LogP contribution in [-0.4, -0.2) is 56.8 Å². The van der Waals surface area contributed by atoms with Gasteiger partial charge in [-0.3, -0.25) is 0 Å². The lowest BCUT2D eigenvalue weighted by molar-refractivity contribution is 0.261. The standard InChI is InChI=1S/C25H31N3O3S/c1-28(2)12-13-31-21-15-20-16-24(27-25(20)26-17-21)23(14-18-6-4-5-7-18)19-8-10-22(11-9-19)32(3,29)30/h8-11,14-18H,4-7,12-13H2,1-3H3,(H,26,27)/b23-14+. The second-order valence-electron chi connectivity index (χ2n) is 8.87. The second kappa shape index (κ2) is 9.46. The molecule has 2 aromatic heterocycles. The SMILES string of the molecule is CN(C)CCOc1cnc2[nH]c(/C(=C/C3CCCC3)c3ccc(S(C)(=O)=O)cc3)cc2c1. The lowest BCUT2D eigenvalue weighted by atomic mass is 9.96. The highest BCUT2D eigenvalue weighted by atomic mass is 32.2. The van der Waals surface area contributed by atoms with E-state index in [9.17, 15) is 8.42 Å². The number of rotatable bonds is 8. The third kappa shape index (κ3) is 5.40. The summed E-state index contributed by atoms with van der Waals surface area (Å²) in [5, 5.41) is 0.993. The number of likely N-dealkylation sites (N-methyl/N-ethyl adjacent to an activating group) is 1. The lowest BCUT2D eigenvalue weighted by Gasteiger charge is -2.11. The van der Waals surface area contributed by atoms with E-state index in [4.69, 9.17) is 4.74 Å². The number of pyridine rings is 1. The average molecular weight is 454 g/mol. The van der Waals surface area contributed by atoms with E-state index >= 15 is 0 Å². The first-order valence-electron chi connectivity index (χ1n) is 11.1. The summed E-state index contributed by atoms with van der Waals surface area (Å²) in [5.74, 6) is 1.28. The zero-order chi connectivity index (χ0) is 22.7. The summed E-state index contributed by atoms with van der Waals surface area (Å²) in [7, 11) is 0.811. The molecule has 1 aromatic carbocycles. The predicted molar refractivity (Wildman–Crippen MR) is 129 cm³/mol. The van der Waals surface area contributed by atoms with Crippen molar-refractivity contribution in [3.63, 3.8) is 0 Å². The molecule has 0 unspecified atom stereocenters. The van der Waals surface area contributed by atoms with Gasteiger partial charge in [-0.25, -0.2) is 13.4 Å². The van der Waals surface area contributed by atoms with Gasteiger partial charge in [0.25, 0.3) is 0 Å². The van der Waals surface area contributed by atoms with Gasteiger partial charge in [0, 0.05) is 29.5 Å². The molecule has 1 N–H and O–H groups in total. The van der Waals surface area contributed by atoms with Crippen LogP contribution in [0.1, 0.15) is 36.9 Å². The molecule has 1 aliphatic carbocycles. The third-order valence-corrected chi connectivity index (χ3v) is 7.07. The molecule has 1 fully saturated rings. The van der Waals surface area contributed by atoms with Crippen molar-refractivity contribution in [2.24, 2.45) is 5.92 Å². The van der Waals surface area contributed by atoms with Crippen LogP contribution < -0.4 is 4.74 Å². The number of aromatic nitrogens is 2. The molecule has 0 radical (unpaired) electrons. The van der Waals surface area contributed by atoms with Crippen LogP contribution in [0.2, 0.25) is 0 Å². The monoisotopic (exact) mass is 453 g/mol. The smallest absolute Gasteiger partial charge is 0.175 e. The van der Waals surface area contributed by atoms with Gasteiger partial charge in [-0.05, 0) is 62.7 Å². The highest BCUT2D eigenvalue weighted by molar-refractivity contribution is 7.90. The van der Waals surface area contributed by atoms with Crippen molar-refractivity contribution in [3.05, 3.63) is 59.9 Å². The molecule has 1 saturated carbocycles. The molecule has 0 amide bonds. The zero-order valence-electron chi connectivity index (χ0n) is 19.0. The number of aromatic amines is 1. The Morgan fingerprint density at radius 3 is 2.56 bits per heavy atom. The molecule has 1 aliphatic rings. The lowest BCUT2D eigenvalue weighted by Crippen LogP contribution is -2.19. The van der Waals surface area contributed by atoms with Crippen molar-refractivity contribution in [3.8, 4) is 5.75 Å². The minimum absolute atomic E-state index is 0.333. The minimum Gasteiger partial charge on any atom is -0.491 e. The Morgan fingerprint density at radius 2 is 1.91 bits per heavy atom. The highest BCUT2D eigenvalue weighted by Gasteiger charge is 2.17. The van der Waals surface area contributed by atoms with Gasteiger partial charge < -0.3 is 14.6 Å². The van der Waals surface area contributed by atoms with E-state index in [2.05, 4.69) is 27.0 Å². The van der Waals surface area contributed by atoms with E-state index in [0.29, 0.717) is 17.4 Å². The Bertz CT molecular complexity index is 1200. The predicted octanol–water partition coefficient (Wildman–Crippen LogP) is 4.53. The van der Waals surface area contributed by atoms with E-state index < -0.39 is 9.84 Å². The van der Waals surface area contributed by atoms with E-state index in [-0.39, 0.29) is 0 Å². The Hall–Kier alpha value is -2.64. The molecule has 7 heteroatoms. The fourth-order valence-corrected chi connectivity index (χ4v) is 4.78. The summed E-state index contributed by atoms with van der Waals surface area (Å²) in [6, 6.07) is 11.3. The van der Waals surface area contributed by atoms with Crippen LogP contribution in [0.15, 0.2) is 53.6 Å². The van der Waals surface area contributed by atoms with Crippen molar-refractivity contribution in [2.45, 2.75) is 30.6 Å². The van der Waals surface area contributed by atoms with Gasteiger partial charge >= 0.3 is 0 Å². The van der Waals surface area contributed by atoms with Gasteiger partial charge in [0.1, 0.15) is 18.0 Å². The molecular weight excluding hydrogens is 422 g/mol. The number of sulfone groups is 1. The number of nitrogens with one attached hydrogen (secondary N) is 1. The first kappa shape index (κ1) is 22.6. The second-order valence-corrected chi connectivity index (χ2v) is 10.9. The number of allylic oxidation sites excluding steroid dienone is 1. The maximum Gasteiger partial charge on any atom is 0.175 e. The summed E-state index contributed by atoms with van der Waals surface area (Å²) in [6.45, 7) is 1.45. The summed E-state index contributed by atoms with van der Waals surface area (Å²) in [4.78, 5) is 10.4. The largest absolute Gasteiger partial charge is 0.491 e. The molecule has 170 valence electrons. The zero-order valence-corrected chi connectivity index (χ0v) is 19.8. The normalized spacial score (nSPS) is 15.7. The van der Waals surface area contributed by atoms with Crippen LogP contribution in [0, 0.1) is 5.92 Å². The molecule has 4 rings (SSSR count).